The number of halogens is 2. The second kappa shape index (κ2) is 2.46. The van der Waals surface area contributed by atoms with Crippen LogP contribution in [0.1, 0.15) is 27.7 Å². The lowest BCUT2D eigenvalue weighted by Crippen LogP contribution is -2.06. The van der Waals surface area contributed by atoms with Gasteiger partial charge in [0.15, 0.2) is 0 Å². The van der Waals surface area contributed by atoms with Crippen LogP contribution in [0.15, 0.2) is 11.7 Å². The van der Waals surface area contributed by atoms with E-state index in [0.717, 1.165) is 6.92 Å². The zero-order valence-corrected chi connectivity index (χ0v) is 6.26. The van der Waals surface area contributed by atoms with Crippen molar-refractivity contribution in [3.05, 3.63) is 11.7 Å². The van der Waals surface area contributed by atoms with Crippen molar-refractivity contribution in [3.63, 3.8) is 0 Å². The molecule has 0 aliphatic carbocycles. The van der Waals surface area contributed by atoms with E-state index in [9.17, 15) is 8.78 Å². The Kier molecular flexibility index (Phi) is 2.35. The van der Waals surface area contributed by atoms with E-state index < -0.39 is 17.1 Å². The largest absolute Gasteiger partial charge is 0.209 e. The first-order valence-corrected chi connectivity index (χ1v) is 2.88. The Morgan fingerprint density at radius 1 is 1.11 bits per heavy atom. The van der Waals surface area contributed by atoms with Crippen molar-refractivity contribution in [2.24, 2.45) is 5.41 Å². The van der Waals surface area contributed by atoms with Gasteiger partial charge in [-0.1, -0.05) is 20.8 Å². The molecule has 0 heterocycles. The van der Waals surface area contributed by atoms with Crippen molar-refractivity contribution in [1.82, 2.24) is 0 Å². The topological polar surface area (TPSA) is 0 Å². The average molecular weight is 134 g/mol. The van der Waals surface area contributed by atoms with Crippen LogP contribution in [-0.4, -0.2) is 0 Å². The molecule has 54 valence electrons. The third kappa shape index (κ3) is 2.59. The highest BCUT2D eigenvalue weighted by molar-refractivity contribution is 5.04. The van der Waals surface area contributed by atoms with Crippen LogP contribution in [0.4, 0.5) is 8.78 Å². The van der Waals surface area contributed by atoms with Gasteiger partial charge in [-0.3, -0.25) is 0 Å². The molecule has 0 bridgehead atoms. The maximum Gasteiger partial charge on any atom is 0.136 e. The van der Waals surface area contributed by atoms with E-state index in [0.29, 0.717) is 0 Å². The zero-order valence-electron chi connectivity index (χ0n) is 6.26. The van der Waals surface area contributed by atoms with E-state index in [4.69, 9.17) is 0 Å². The maximum absolute atomic E-state index is 12.5. The highest BCUT2D eigenvalue weighted by Crippen LogP contribution is 2.28. The number of hydrogen-bond acceptors (Lipinski definition) is 0. The van der Waals surface area contributed by atoms with Gasteiger partial charge in [0.25, 0.3) is 0 Å². The van der Waals surface area contributed by atoms with E-state index in [1.54, 1.807) is 20.8 Å². The molecule has 2 heteroatoms. The van der Waals surface area contributed by atoms with Crippen molar-refractivity contribution in [1.29, 1.82) is 0 Å². The molecule has 0 radical (unpaired) electrons. The Balaban J connectivity index is 4.40. The summed E-state index contributed by atoms with van der Waals surface area (Å²) in [4.78, 5) is 0. The molecule has 0 saturated carbocycles. The van der Waals surface area contributed by atoms with Crippen LogP contribution in [0.5, 0.6) is 0 Å². The number of allylic oxidation sites excluding steroid dienone is 2. The first-order chi connectivity index (χ1) is 3.85. The molecule has 0 amide bonds. The molecule has 0 aliphatic rings. The third-order valence-electron chi connectivity index (χ3n) is 0.961. The molecule has 0 saturated heterocycles. The summed E-state index contributed by atoms with van der Waals surface area (Å²) in [5, 5.41) is 0. The lowest BCUT2D eigenvalue weighted by Gasteiger charge is -2.14. The van der Waals surface area contributed by atoms with Gasteiger partial charge in [-0.15, -0.1) is 0 Å². The molecule has 9 heavy (non-hydrogen) atoms. The van der Waals surface area contributed by atoms with Gasteiger partial charge in [-0.2, -0.15) is 0 Å². The van der Waals surface area contributed by atoms with Gasteiger partial charge in [0, 0.05) is 5.41 Å². The van der Waals surface area contributed by atoms with Gasteiger partial charge in [0.05, 0.1) is 0 Å². The monoisotopic (exact) mass is 134 g/mol. The molecule has 0 rings (SSSR count). The van der Waals surface area contributed by atoms with Crippen LogP contribution in [0, 0.1) is 5.41 Å². The fourth-order valence-corrected chi connectivity index (χ4v) is 0.517. The van der Waals surface area contributed by atoms with Crippen LogP contribution in [-0.2, 0) is 0 Å². The highest BCUT2D eigenvalue weighted by atomic mass is 19.2. The Morgan fingerprint density at radius 2 is 1.44 bits per heavy atom. The molecule has 0 aliphatic heterocycles. The minimum Gasteiger partial charge on any atom is -0.209 e. The summed E-state index contributed by atoms with van der Waals surface area (Å²) in [7, 11) is 0. The van der Waals surface area contributed by atoms with Crippen LogP contribution >= 0.6 is 0 Å². The van der Waals surface area contributed by atoms with E-state index in [2.05, 4.69) is 0 Å². The standard InChI is InChI=1S/C7H12F2/c1-5(8)6(9)7(2,3)4/h1-4H3/b6-5+. The van der Waals surface area contributed by atoms with Gasteiger partial charge >= 0.3 is 0 Å². The van der Waals surface area contributed by atoms with Crippen LogP contribution in [0.2, 0.25) is 0 Å². The molecule has 0 fully saturated rings. The number of hydrogen-bond donors (Lipinski definition) is 0. The van der Waals surface area contributed by atoms with Gasteiger partial charge < -0.3 is 0 Å². The van der Waals surface area contributed by atoms with Crippen LogP contribution < -0.4 is 0 Å². The van der Waals surface area contributed by atoms with E-state index >= 15 is 0 Å². The van der Waals surface area contributed by atoms with Gasteiger partial charge in [0.1, 0.15) is 11.7 Å². The van der Waals surface area contributed by atoms with Crippen molar-refractivity contribution in [2.75, 3.05) is 0 Å². The van der Waals surface area contributed by atoms with Gasteiger partial charge in [-0.25, -0.2) is 8.78 Å². The summed E-state index contributed by atoms with van der Waals surface area (Å²) in [5.74, 6) is -1.38. The second-order valence-electron chi connectivity index (χ2n) is 3.10. The summed E-state index contributed by atoms with van der Waals surface area (Å²) in [6.45, 7) is 6.02. The van der Waals surface area contributed by atoms with Crippen LogP contribution in [0.3, 0.4) is 0 Å². The summed E-state index contributed by atoms with van der Waals surface area (Å²) >= 11 is 0. The number of rotatable bonds is 0. The molecular formula is C7H12F2. The molecular weight excluding hydrogens is 122 g/mol. The summed E-state index contributed by atoms with van der Waals surface area (Å²) < 4.78 is 24.6. The fraction of sp³-hybridized carbons (Fsp3) is 0.714. The lowest BCUT2D eigenvalue weighted by molar-refractivity contribution is 0.355. The summed E-state index contributed by atoms with van der Waals surface area (Å²) in [5.41, 5.74) is -0.682. The fourth-order valence-electron chi connectivity index (χ4n) is 0.517. The van der Waals surface area contributed by atoms with E-state index in [-0.39, 0.29) is 0 Å². The Hall–Kier alpha value is -0.400. The molecule has 0 aromatic carbocycles. The Morgan fingerprint density at radius 3 is 1.44 bits per heavy atom. The molecule has 0 N–H and O–H groups in total. The molecule has 0 nitrogen and oxygen atoms in total. The normalized spacial score (nSPS) is 15.3. The van der Waals surface area contributed by atoms with Crippen molar-refractivity contribution >= 4 is 0 Å². The third-order valence-corrected chi connectivity index (χ3v) is 0.961. The maximum atomic E-state index is 12.5. The molecule has 0 aromatic rings. The zero-order chi connectivity index (χ0) is 7.65. The van der Waals surface area contributed by atoms with Gasteiger partial charge in [-0.05, 0) is 6.92 Å². The minimum absolute atomic E-state index is 0.664. The van der Waals surface area contributed by atoms with Crippen molar-refractivity contribution in [2.45, 2.75) is 27.7 Å². The second-order valence-corrected chi connectivity index (χ2v) is 3.10. The van der Waals surface area contributed by atoms with E-state index in [1.165, 1.54) is 0 Å². The lowest BCUT2D eigenvalue weighted by atomic mass is 9.94. The summed E-state index contributed by atoms with van der Waals surface area (Å²) in [6.07, 6.45) is 0. The molecule has 0 spiro atoms. The predicted molar refractivity (Wildman–Crippen MR) is 34.4 cm³/mol. The Labute approximate surface area is 54.6 Å². The van der Waals surface area contributed by atoms with E-state index in [1.807, 2.05) is 0 Å². The quantitative estimate of drug-likeness (QED) is 0.477. The molecule has 0 atom stereocenters. The van der Waals surface area contributed by atoms with Crippen LogP contribution in [0.25, 0.3) is 0 Å². The highest BCUT2D eigenvalue weighted by Gasteiger charge is 2.19. The first kappa shape index (κ1) is 8.60. The predicted octanol–water partition coefficient (Wildman–Crippen LogP) is 3.20. The minimum atomic E-state index is -0.720. The smallest absolute Gasteiger partial charge is 0.136 e. The SMILES string of the molecule is C/C(F)=C(\F)C(C)(C)C. The molecule has 0 aromatic heterocycles. The van der Waals surface area contributed by atoms with Crippen molar-refractivity contribution in [3.8, 4) is 0 Å². The Bertz CT molecular complexity index is 124. The van der Waals surface area contributed by atoms with Crippen molar-refractivity contribution < 1.29 is 8.78 Å². The first-order valence-electron chi connectivity index (χ1n) is 2.88. The average Bonchev–Trinajstić information content (AvgIpc) is 1.62. The summed E-state index contributed by atoms with van der Waals surface area (Å²) in [6, 6.07) is 0. The van der Waals surface area contributed by atoms with Gasteiger partial charge in [0.2, 0.25) is 0 Å². The molecule has 0 unspecified atom stereocenters.